The van der Waals surface area contributed by atoms with Gasteiger partial charge in [0, 0.05) is 17.7 Å². The van der Waals surface area contributed by atoms with Crippen LogP contribution in [0.25, 0.3) is 0 Å². The van der Waals surface area contributed by atoms with Crippen LogP contribution in [0.2, 0.25) is 0 Å². The van der Waals surface area contributed by atoms with E-state index in [0.717, 1.165) is 13.0 Å². The molecule has 2 aromatic rings. The largest absolute Gasteiger partial charge is 0.201 e. The molecule has 1 aromatic carbocycles. The second kappa shape index (κ2) is 4.74. The maximum Gasteiger partial charge on any atom is 0.173 e. The Labute approximate surface area is 91.0 Å². The standard InChI is InChI=1S/C14H16N/c1-2-13-8-10-15(11-9-13)12-14-6-4-3-5-7-14/h3-11H,2,12H2,1H3/q+1. The number of hydrogen-bond donors (Lipinski definition) is 0. The maximum atomic E-state index is 2.20. The van der Waals surface area contributed by atoms with Crippen LogP contribution in [0.5, 0.6) is 0 Å². The summed E-state index contributed by atoms with van der Waals surface area (Å²) in [6.07, 6.45) is 5.39. The molecule has 2 rings (SSSR count). The summed E-state index contributed by atoms with van der Waals surface area (Å²) in [6, 6.07) is 14.9. The van der Waals surface area contributed by atoms with E-state index >= 15 is 0 Å². The molecule has 1 nitrogen and oxygen atoms in total. The molecule has 1 heteroatoms. The van der Waals surface area contributed by atoms with Crippen LogP contribution >= 0.6 is 0 Å². The molecule has 15 heavy (non-hydrogen) atoms. The first-order valence-corrected chi connectivity index (χ1v) is 5.40. The summed E-state index contributed by atoms with van der Waals surface area (Å²) in [5.74, 6) is 0. The molecule has 0 radical (unpaired) electrons. The highest BCUT2D eigenvalue weighted by atomic mass is 14.9. The molecule has 0 atom stereocenters. The molecule has 0 saturated heterocycles. The van der Waals surface area contributed by atoms with Crippen molar-refractivity contribution in [2.45, 2.75) is 19.9 Å². The molecule has 0 saturated carbocycles. The highest BCUT2D eigenvalue weighted by Gasteiger charge is 2.00. The van der Waals surface area contributed by atoms with Crippen molar-refractivity contribution in [3.8, 4) is 0 Å². The van der Waals surface area contributed by atoms with Crippen molar-refractivity contribution in [2.75, 3.05) is 0 Å². The van der Waals surface area contributed by atoms with E-state index in [4.69, 9.17) is 0 Å². The fourth-order valence-electron chi connectivity index (χ4n) is 1.62. The highest BCUT2D eigenvalue weighted by molar-refractivity contribution is 5.13. The van der Waals surface area contributed by atoms with Gasteiger partial charge < -0.3 is 0 Å². The Kier molecular flexibility index (Phi) is 3.13. The average Bonchev–Trinajstić information content (AvgIpc) is 2.31. The number of rotatable bonds is 3. The zero-order valence-electron chi connectivity index (χ0n) is 9.06. The lowest BCUT2D eigenvalue weighted by molar-refractivity contribution is -0.688. The fraction of sp³-hybridized carbons (Fsp3) is 0.214. The van der Waals surface area contributed by atoms with Gasteiger partial charge in [0.2, 0.25) is 0 Å². The number of aryl methyl sites for hydroxylation is 1. The van der Waals surface area contributed by atoms with E-state index in [2.05, 4.69) is 60.3 Å². The van der Waals surface area contributed by atoms with Crippen molar-refractivity contribution >= 4 is 0 Å². The van der Waals surface area contributed by atoms with Gasteiger partial charge in [0.05, 0.1) is 0 Å². The quantitative estimate of drug-likeness (QED) is 0.667. The Morgan fingerprint density at radius 3 is 2.13 bits per heavy atom. The van der Waals surface area contributed by atoms with Gasteiger partial charge in [-0.1, -0.05) is 37.3 Å². The number of nitrogens with zero attached hydrogens (tertiary/aromatic N) is 1. The molecular weight excluding hydrogens is 182 g/mol. The molecule has 0 aliphatic rings. The van der Waals surface area contributed by atoms with Gasteiger partial charge in [-0.3, -0.25) is 0 Å². The first-order chi connectivity index (χ1) is 7.38. The number of benzene rings is 1. The van der Waals surface area contributed by atoms with E-state index in [1.165, 1.54) is 11.1 Å². The van der Waals surface area contributed by atoms with Crippen molar-refractivity contribution in [2.24, 2.45) is 0 Å². The van der Waals surface area contributed by atoms with Gasteiger partial charge in [-0.2, -0.15) is 0 Å². The Morgan fingerprint density at radius 2 is 1.53 bits per heavy atom. The van der Waals surface area contributed by atoms with E-state index in [1.807, 2.05) is 6.07 Å². The summed E-state index contributed by atoms with van der Waals surface area (Å²) in [6.45, 7) is 3.13. The second-order valence-corrected chi connectivity index (χ2v) is 3.72. The van der Waals surface area contributed by atoms with Gasteiger partial charge >= 0.3 is 0 Å². The molecule has 76 valence electrons. The molecular formula is C14H16N+. The zero-order chi connectivity index (χ0) is 10.5. The van der Waals surface area contributed by atoms with E-state index in [1.54, 1.807) is 0 Å². The van der Waals surface area contributed by atoms with Crippen LogP contribution in [0.3, 0.4) is 0 Å². The van der Waals surface area contributed by atoms with Crippen molar-refractivity contribution in [1.29, 1.82) is 0 Å². The topological polar surface area (TPSA) is 3.88 Å². The third-order valence-electron chi connectivity index (χ3n) is 2.58. The zero-order valence-corrected chi connectivity index (χ0v) is 9.06. The lowest BCUT2D eigenvalue weighted by Crippen LogP contribution is -2.33. The first kappa shape index (κ1) is 9.91. The van der Waals surface area contributed by atoms with E-state index in [-0.39, 0.29) is 0 Å². The minimum absolute atomic E-state index is 0.949. The molecule has 0 amide bonds. The summed E-state index contributed by atoms with van der Waals surface area (Å²) >= 11 is 0. The summed E-state index contributed by atoms with van der Waals surface area (Å²) in [5.41, 5.74) is 2.73. The van der Waals surface area contributed by atoms with Crippen LogP contribution < -0.4 is 4.57 Å². The minimum Gasteiger partial charge on any atom is -0.201 e. The van der Waals surface area contributed by atoms with Crippen LogP contribution in [-0.2, 0) is 13.0 Å². The number of aromatic nitrogens is 1. The van der Waals surface area contributed by atoms with Gasteiger partial charge in [0.15, 0.2) is 18.9 Å². The lowest BCUT2D eigenvalue weighted by Gasteiger charge is -1.98. The van der Waals surface area contributed by atoms with Crippen LogP contribution in [0, 0.1) is 0 Å². The van der Waals surface area contributed by atoms with Crippen molar-refractivity contribution in [3.05, 3.63) is 66.0 Å². The first-order valence-electron chi connectivity index (χ1n) is 5.40. The molecule has 0 aliphatic carbocycles. The Hall–Kier alpha value is -1.63. The molecule has 0 bridgehead atoms. The third kappa shape index (κ3) is 2.66. The van der Waals surface area contributed by atoms with Crippen LogP contribution in [-0.4, -0.2) is 0 Å². The Balaban J connectivity index is 2.11. The monoisotopic (exact) mass is 198 g/mol. The van der Waals surface area contributed by atoms with Gasteiger partial charge in [-0.25, -0.2) is 4.57 Å². The van der Waals surface area contributed by atoms with Crippen LogP contribution in [0.4, 0.5) is 0 Å². The Morgan fingerprint density at radius 1 is 0.867 bits per heavy atom. The van der Waals surface area contributed by atoms with Gasteiger partial charge in [0.1, 0.15) is 0 Å². The van der Waals surface area contributed by atoms with E-state index in [9.17, 15) is 0 Å². The highest BCUT2D eigenvalue weighted by Crippen LogP contribution is 1.99. The smallest absolute Gasteiger partial charge is 0.173 e. The molecule has 1 aromatic heterocycles. The molecule has 0 aliphatic heterocycles. The van der Waals surface area contributed by atoms with Gasteiger partial charge in [-0.15, -0.1) is 0 Å². The number of hydrogen-bond acceptors (Lipinski definition) is 0. The number of pyridine rings is 1. The lowest BCUT2D eigenvalue weighted by atomic mass is 10.2. The van der Waals surface area contributed by atoms with Crippen LogP contribution in [0.15, 0.2) is 54.9 Å². The second-order valence-electron chi connectivity index (χ2n) is 3.72. The summed E-state index contributed by atoms with van der Waals surface area (Å²) in [5, 5.41) is 0. The van der Waals surface area contributed by atoms with Crippen molar-refractivity contribution in [1.82, 2.24) is 0 Å². The average molecular weight is 198 g/mol. The SMILES string of the molecule is CCc1cc[n+](Cc2ccccc2)cc1. The van der Waals surface area contributed by atoms with E-state index in [0.29, 0.717) is 0 Å². The van der Waals surface area contributed by atoms with Crippen molar-refractivity contribution in [3.63, 3.8) is 0 Å². The predicted octanol–water partition coefficient (Wildman–Crippen LogP) is 2.58. The molecule has 0 N–H and O–H groups in total. The summed E-state index contributed by atoms with van der Waals surface area (Å²) < 4.78 is 2.20. The third-order valence-corrected chi connectivity index (χ3v) is 2.58. The molecule has 0 unspecified atom stereocenters. The predicted molar refractivity (Wildman–Crippen MR) is 61.6 cm³/mol. The minimum atomic E-state index is 0.949. The van der Waals surface area contributed by atoms with Crippen molar-refractivity contribution < 1.29 is 4.57 Å². The van der Waals surface area contributed by atoms with Gasteiger partial charge in [0.25, 0.3) is 0 Å². The summed E-state index contributed by atoms with van der Waals surface area (Å²) in [4.78, 5) is 0. The fourth-order valence-corrected chi connectivity index (χ4v) is 1.62. The Bertz CT molecular complexity index is 403. The molecule has 1 heterocycles. The maximum absolute atomic E-state index is 2.20. The van der Waals surface area contributed by atoms with Gasteiger partial charge in [-0.05, 0) is 12.0 Å². The normalized spacial score (nSPS) is 10.2. The van der Waals surface area contributed by atoms with Crippen LogP contribution in [0.1, 0.15) is 18.1 Å². The van der Waals surface area contributed by atoms with E-state index < -0.39 is 0 Å². The summed E-state index contributed by atoms with van der Waals surface area (Å²) in [7, 11) is 0. The molecule has 0 spiro atoms. The molecule has 0 fully saturated rings.